The van der Waals surface area contributed by atoms with E-state index >= 15 is 0 Å². The number of fused-ring (bicyclic) bond motifs is 2. The third kappa shape index (κ3) is 4.18. The van der Waals surface area contributed by atoms with Gasteiger partial charge in [-0.05, 0) is 48.9 Å². The minimum absolute atomic E-state index is 0.0763. The molecule has 0 saturated heterocycles. The number of ether oxygens (including phenoxy) is 1. The Bertz CT molecular complexity index is 1110. The number of amides is 2. The molecule has 2 aromatic rings. The summed E-state index contributed by atoms with van der Waals surface area (Å²) in [6.45, 7) is 1.51. The van der Waals surface area contributed by atoms with Gasteiger partial charge in [0.2, 0.25) is 5.91 Å². The highest BCUT2D eigenvalue weighted by Gasteiger charge is 2.26. The number of carbonyl (C=O) groups excluding carboxylic acids is 2. The lowest BCUT2D eigenvalue weighted by atomic mass is 9.88. The van der Waals surface area contributed by atoms with Crippen molar-refractivity contribution in [3.63, 3.8) is 0 Å². The third-order valence-electron chi connectivity index (χ3n) is 5.55. The molecule has 0 bridgehead atoms. The summed E-state index contributed by atoms with van der Waals surface area (Å²) >= 11 is 0. The molecule has 0 spiro atoms. The van der Waals surface area contributed by atoms with Crippen molar-refractivity contribution in [1.29, 1.82) is 0 Å². The van der Waals surface area contributed by atoms with Crippen molar-refractivity contribution in [1.82, 2.24) is 5.32 Å². The Balaban J connectivity index is 1.44. The molecule has 4 rings (SSSR count). The number of nitrogens with one attached hydrogen (secondary N) is 2. The second-order valence-electron chi connectivity index (χ2n) is 7.73. The quantitative estimate of drug-likeness (QED) is 0.762. The first-order valence-electron chi connectivity index (χ1n) is 10.0. The number of hydrogen-bond acceptors (Lipinski definition) is 5. The average Bonchev–Trinajstić information content (AvgIpc) is 2.72. The molecule has 30 heavy (non-hydrogen) atoms. The van der Waals surface area contributed by atoms with Crippen molar-refractivity contribution in [2.75, 3.05) is 17.7 Å². The number of anilines is 1. The van der Waals surface area contributed by atoms with Crippen LogP contribution >= 0.6 is 0 Å². The van der Waals surface area contributed by atoms with Crippen LogP contribution in [-0.2, 0) is 25.8 Å². The highest BCUT2D eigenvalue weighted by atomic mass is 32.2. The van der Waals surface area contributed by atoms with Crippen LogP contribution in [0.25, 0.3) is 0 Å². The zero-order valence-electron chi connectivity index (χ0n) is 16.7. The van der Waals surface area contributed by atoms with Crippen molar-refractivity contribution in [2.24, 2.45) is 0 Å². The smallest absolute Gasteiger partial charge is 0.262 e. The lowest BCUT2D eigenvalue weighted by Crippen LogP contribution is -2.32. The van der Waals surface area contributed by atoms with Gasteiger partial charge in [0, 0.05) is 12.5 Å². The average molecular weight is 429 g/mol. The first kappa shape index (κ1) is 20.4. The van der Waals surface area contributed by atoms with Gasteiger partial charge in [-0.3, -0.25) is 9.59 Å². The van der Waals surface area contributed by atoms with Gasteiger partial charge >= 0.3 is 0 Å². The predicted molar refractivity (Wildman–Crippen MR) is 112 cm³/mol. The fourth-order valence-corrected chi connectivity index (χ4v) is 5.57. The molecule has 158 valence electrons. The van der Waals surface area contributed by atoms with Gasteiger partial charge in [-0.2, -0.15) is 0 Å². The minimum atomic E-state index is -3.69. The van der Waals surface area contributed by atoms with Crippen LogP contribution in [0.5, 0.6) is 5.75 Å². The van der Waals surface area contributed by atoms with Gasteiger partial charge < -0.3 is 15.4 Å². The standard InChI is InChI=1S/C22H24N2O5S/c1-14-11-18-19(29-13-22(26)24-18)12-20(14)30(27,28)10-9-21(25)23-17-8-4-6-15-5-2-3-7-16(15)17/h2-3,5,7,11-12,17H,4,6,8-10,13H2,1H3,(H,23,25)(H,24,26)/t17-/m1/s1. The van der Waals surface area contributed by atoms with E-state index in [4.69, 9.17) is 4.74 Å². The summed E-state index contributed by atoms with van der Waals surface area (Å²) < 4.78 is 31.1. The molecule has 2 aliphatic rings. The monoisotopic (exact) mass is 428 g/mol. The highest BCUT2D eigenvalue weighted by molar-refractivity contribution is 7.91. The van der Waals surface area contributed by atoms with Crippen molar-refractivity contribution < 1.29 is 22.7 Å². The summed E-state index contributed by atoms with van der Waals surface area (Å²) in [6.07, 6.45) is 2.72. The molecule has 7 nitrogen and oxygen atoms in total. The Labute approximate surface area is 175 Å². The van der Waals surface area contributed by atoms with E-state index in [1.54, 1.807) is 13.0 Å². The Morgan fingerprint density at radius 3 is 2.90 bits per heavy atom. The molecule has 0 saturated carbocycles. The lowest BCUT2D eigenvalue weighted by molar-refractivity contribution is -0.121. The maximum absolute atomic E-state index is 12.9. The van der Waals surface area contributed by atoms with Gasteiger partial charge in [-0.15, -0.1) is 0 Å². The maximum atomic E-state index is 12.9. The van der Waals surface area contributed by atoms with E-state index in [0.717, 1.165) is 24.8 Å². The minimum Gasteiger partial charge on any atom is -0.482 e. The second kappa shape index (κ2) is 8.10. The zero-order chi connectivity index (χ0) is 21.3. The van der Waals surface area contributed by atoms with Gasteiger partial charge in [0.05, 0.1) is 22.4 Å². The van der Waals surface area contributed by atoms with Crippen molar-refractivity contribution in [3.05, 3.63) is 53.1 Å². The highest BCUT2D eigenvalue weighted by Crippen LogP contribution is 2.33. The van der Waals surface area contributed by atoms with Crippen molar-refractivity contribution in [3.8, 4) is 5.75 Å². The number of carbonyl (C=O) groups is 2. The molecule has 1 aliphatic heterocycles. The molecular formula is C22H24N2O5S. The van der Waals surface area contributed by atoms with Crippen molar-refractivity contribution in [2.45, 2.75) is 43.5 Å². The Hall–Kier alpha value is -2.87. The van der Waals surface area contributed by atoms with Gasteiger partial charge in [0.15, 0.2) is 16.4 Å². The molecule has 1 atom stereocenters. The Kier molecular flexibility index (Phi) is 5.51. The van der Waals surface area contributed by atoms with E-state index < -0.39 is 9.84 Å². The largest absolute Gasteiger partial charge is 0.482 e. The van der Waals surface area contributed by atoms with Crippen LogP contribution in [0.15, 0.2) is 41.3 Å². The molecule has 2 N–H and O–H groups in total. The molecular weight excluding hydrogens is 404 g/mol. The molecule has 0 unspecified atom stereocenters. The van der Waals surface area contributed by atoms with Crippen LogP contribution in [0.4, 0.5) is 5.69 Å². The molecule has 0 aromatic heterocycles. The first-order chi connectivity index (χ1) is 14.3. The van der Waals surface area contributed by atoms with Crippen LogP contribution in [0.2, 0.25) is 0 Å². The summed E-state index contributed by atoms with van der Waals surface area (Å²) in [5.41, 5.74) is 3.31. The summed E-state index contributed by atoms with van der Waals surface area (Å²) in [7, 11) is -3.69. The van der Waals surface area contributed by atoms with E-state index in [1.807, 2.05) is 18.2 Å². The van der Waals surface area contributed by atoms with E-state index in [-0.39, 0.29) is 41.5 Å². The van der Waals surface area contributed by atoms with Crippen LogP contribution in [-0.4, -0.2) is 32.6 Å². The summed E-state index contributed by atoms with van der Waals surface area (Å²) in [4.78, 5) is 24.1. The van der Waals surface area contributed by atoms with Gasteiger partial charge in [0.25, 0.3) is 5.91 Å². The normalized spacial score (nSPS) is 17.9. The second-order valence-corrected chi connectivity index (χ2v) is 9.81. The van der Waals surface area contributed by atoms with Gasteiger partial charge in [0.1, 0.15) is 5.75 Å². The van der Waals surface area contributed by atoms with Crippen LogP contribution in [0.1, 0.15) is 42.0 Å². The van der Waals surface area contributed by atoms with E-state index in [2.05, 4.69) is 16.7 Å². The molecule has 2 aromatic carbocycles. The van der Waals surface area contributed by atoms with E-state index in [9.17, 15) is 18.0 Å². The Morgan fingerprint density at radius 1 is 1.27 bits per heavy atom. The van der Waals surface area contributed by atoms with Gasteiger partial charge in [-0.1, -0.05) is 24.3 Å². The number of hydrogen-bond donors (Lipinski definition) is 2. The number of benzene rings is 2. The fraction of sp³-hybridized carbons (Fsp3) is 0.364. The molecule has 1 heterocycles. The predicted octanol–water partition coefficient (Wildman–Crippen LogP) is 2.68. The van der Waals surface area contributed by atoms with Crippen LogP contribution in [0.3, 0.4) is 0 Å². The SMILES string of the molecule is Cc1cc2c(cc1S(=O)(=O)CCC(=O)N[C@@H]1CCCc3ccccc31)OCC(=O)N2. The van der Waals surface area contributed by atoms with Crippen molar-refractivity contribution >= 4 is 27.3 Å². The maximum Gasteiger partial charge on any atom is 0.262 e. The lowest BCUT2D eigenvalue weighted by Gasteiger charge is -2.26. The number of aryl methyl sites for hydroxylation is 2. The van der Waals surface area contributed by atoms with Crippen LogP contribution < -0.4 is 15.4 Å². The van der Waals surface area contributed by atoms with Gasteiger partial charge in [-0.25, -0.2) is 8.42 Å². The molecule has 2 amide bonds. The fourth-order valence-electron chi connectivity index (χ4n) is 4.06. The first-order valence-corrected chi connectivity index (χ1v) is 11.7. The molecule has 0 fully saturated rings. The number of rotatable bonds is 5. The summed E-state index contributed by atoms with van der Waals surface area (Å²) in [6, 6.07) is 11.0. The molecule has 8 heteroatoms. The Morgan fingerprint density at radius 2 is 2.07 bits per heavy atom. The zero-order valence-corrected chi connectivity index (χ0v) is 17.6. The summed E-state index contributed by atoms with van der Waals surface area (Å²) in [5.74, 6) is -0.529. The third-order valence-corrected chi connectivity index (χ3v) is 7.40. The van der Waals surface area contributed by atoms with Crippen LogP contribution in [0, 0.1) is 6.92 Å². The molecule has 1 aliphatic carbocycles. The van der Waals surface area contributed by atoms with E-state index in [1.165, 1.54) is 11.6 Å². The molecule has 0 radical (unpaired) electrons. The number of sulfone groups is 1. The van der Waals surface area contributed by atoms with E-state index in [0.29, 0.717) is 17.0 Å². The topological polar surface area (TPSA) is 102 Å². The summed E-state index contributed by atoms with van der Waals surface area (Å²) in [5, 5.41) is 5.65.